The van der Waals surface area contributed by atoms with E-state index in [9.17, 15) is 4.79 Å². The lowest BCUT2D eigenvalue weighted by Gasteiger charge is -2.16. The number of aromatic nitrogens is 4. The van der Waals surface area contributed by atoms with Crippen molar-refractivity contribution in [3.05, 3.63) is 24.2 Å². The lowest BCUT2D eigenvalue weighted by molar-refractivity contribution is 0.0763. The van der Waals surface area contributed by atoms with Gasteiger partial charge in [0, 0.05) is 57.7 Å². The van der Waals surface area contributed by atoms with Gasteiger partial charge in [-0.1, -0.05) is 0 Å². The number of amides is 1. The number of ether oxygens (including phenoxy) is 1. The molecule has 1 amide bonds. The molecule has 0 aromatic carbocycles. The Morgan fingerprint density at radius 3 is 2.87 bits per heavy atom. The van der Waals surface area contributed by atoms with E-state index in [1.165, 1.54) is 0 Å². The number of hydrogen-bond acceptors (Lipinski definition) is 4. The van der Waals surface area contributed by atoms with Crippen LogP contribution in [0.5, 0.6) is 0 Å². The molecule has 0 bridgehead atoms. The zero-order valence-corrected chi connectivity index (χ0v) is 13.9. The highest BCUT2D eigenvalue weighted by atomic mass is 16.5. The molecular weight excluding hydrogens is 294 g/mol. The predicted octanol–water partition coefficient (Wildman–Crippen LogP) is 1.32. The third-order valence-electron chi connectivity index (χ3n) is 4.17. The molecule has 0 N–H and O–H groups in total. The second-order valence-electron chi connectivity index (χ2n) is 6.03. The van der Waals surface area contributed by atoms with Crippen LogP contribution in [-0.4, -0.2) is 56.7 Å². The summed E-state index contributed by atoms with van der Waals surface area (Å²) in [5.74, 6) is 0.466. The Morgan fingerprint density at radius 1 is 1.35 bits per heavy atom. The van der Waals surface area contributed by atoms with Gasteiger partial charge in [0.25, 0.3) is 5.91 Å². The molecule has 3 heterocycles. The predicted molar refractivity (Wildman–Crippen MR) is 85.9 cm³/mol. The molecule has 1 fully saturated rings. The van der Waals surface area contributed by atoms with Gasteiger partial charge in [0.1, 0.15) is 5.69 Å². The van der Waals surface area contributed by atoms with E-state index in [1.54, 1.807) is 21.8 Å². The number of hydrogen-bond donors (Lipinski definition) is 0. The van der Waals surface area contributed by atoms with E-state index < -0.39 is 0 Å². The number of likely N-dealkylation sites (tertiary alicyclic amines) is 1. The molecule has 2 aromatic rings. The van der Waals surface area contributed by atoms with Gasteiger partial charge in [0.05, 0.1) is 18.4 Å². The Labute approximate surface area is 135 Å². The molecule has 0 radical (unpaired) electrons. The van der Waals surface area contributed by atoms with Gasteiger partial charge in [-0.2, -0.15) is 10.2 Å². The first-order chi connectivity index (χ1) is 11.1. The zero-order valence-electron chi connectivity index (χ0n) is 13.9. The molecule has 7 heteroatoms. The standard InChI is InChI=1S/C16H23N5O2/c1-4-23-11-12-5-6-21(8-12)16(22)14-10-20(3)18-15(14)13-7-17-19(2)9-13/h7,9-10,12H,4-6,8,11H2,1-3H3. The molecule has 124 valence electrons. The number of aryl methyl sites for hydroxylation is 2. The Kier molecular flexibility index (Phi) is 4.47. The van der Waals surface area contributed by atoms with Gasteiger partial charge in [-0.15, -0.1) is 0 Å². The van der Waals surface area contributed by atoms with Gasteiger partial charge in [0.15, 0.2) is 0 Å². The summed E-state index contributed by atoms with van der Waals surface area (Å²) in [5, 5.41) is 8.62. The summed E-state index contributed by atoms with van der Waals surface area (Å²) in [7, 11) is 3.69. The third kappa shape index (κ3) is 3.29. The van der Waals surface area contributed by atoms with E-state index in [0.717, 1.165) is 38.3 Å². The quantitative estimate of drug-likeness (QED) is 0.834. The lowest BCUT2D eigenvalue weighted by atomic mass is 10.1. The van der Waals surface area contributed by atoms with Crippen LogP contribution >= 0.6 is 0 Å². The largest absolute Gasteiger partial charge is 0.381 e. The smallest absolute Gasteiger partial charge is 0.257 e. The van der Waals surface area contributed by atoms with Crippen LogP contribution in [0.4, 0.5) is 0 Å². The van der Waals surface area contributed by atoms with Gasteiger partial charge in [-0.3, -0.25) is 14.2 Å². The zero-order chi connectivity index (χ0) is 16.4. The van der Waals surface area contributed by atoms with Gasteiger partial charge in [-0.05, 0) is 13.3 Å². The highest BCUT2D eigenvalue weighted by Gasteiger charge is 2.29. The maximum Gasteiger partial charge on any atom is 0.257 e. The minimum absolute atomic E-state index is 0.0379. The monoisotopic (exact) mass is 317 g/mol. The van der Waals surface area contributed by atoms with Crippen molar-refractivity contribution in [1.82, 2.24) is 24.5 Å². The number of carbonyl (C=O) groups is 1. The van der Waals surface area contributed by atoms with E-state index in [4.69, 9.17) is 4.74 Å². The Morgan fingerprint density at radius 2 is 2.17 bits per heavy atom. The van der Waals surface area contributed by atoms with Crippen molar-refractivity contribution in [2.45, 2.75) is 13.3 Å². The van der Waals surface area contributed by atoms with Gasteiger partial charge in [-0.25, -0.2) is 0 Å². The lowest BCUT2D eigenvalue weighted by Crippen LogP contribution is -2.29. The minimum Gasteiger partial charge on any atom is -0.381 e. The van der Waals surface area contributed by atoms with Crippen LogP contribution in [0, 0.1) is 5.92 Å². The van der Waals surface area contributed by atoms with Gasteiger partial charge >= 0.3 is 0 Å². The van der Waals surface area contributed by atoms with E-state index in [0.29, 0.717) is 17.2 Å². The van der Waals surface area contributed by atoms with Crippen molar-refractivity contribution in [3.63, 3.8) is 0 Å². The molecule has 23 heavy (non-hydrogen) atoms. The minimum atomic E-state index is 0.0379. The van der Waals surface area contributed by atoms with Crippen molar-refractivity contribution in [3.8, 4) is 11.3 Å². The van der Waals surface area contributed by atoms with Crippen LogP contribution < -0.4 is 0 Å². The molecule has 0 spiro atoms. The maximum atomic E-state index is 12.9. The summed E-state index contributed by atoms with van der Waals surface area (Å²) in [6.45, 7) is 4.97. The first-order valence-corrected chi connectivity index (χ1v) is 7.98. The highest BCUT2D eigenvalue weighted by Crippen LogP contribution is 2.25. The molecule has 1 aliphatic heterocycles. The van der Waals surface area contributed by atoms with Crippen LogP contribution in [0.25, 0.3) is 11.3 Å². The molecule has 1 atom stereocenters. The van der Waals surface area contributed by atoms with Crippen LogP contribution in [0.1, 0.15) is 23.7 Å². The maximum absolute atomic E-state index is 12.9. The molecule has 1 aliphatic rings. The first-order valence-electron chi connectivity index (χ1n) is 7.98. The Hall–Kier alpha value is -2.15. The van der Waals surface area contributed by atoms with Crippen LogP contribution in [0.2, 0.25) is 0 Å². The fourth-order valence-corrected chi connectivity index (χ4v) is 3.01. The van der Waals surface area contributed by atoms with E-state index in [2.05, 4.69) is 10.2 Å². The number of nitrogens with zero attached hydrogens (tertiary/aromatic N) is 5. The second-order valence-corrected chi connectivity index (χ2v) is 6.03. The number of carbonyl (C=O) groups excluding carboxylic acids is 1. The van der Waals surface area contributed by atoms with E-state index >= 15 is 0 Å². The Balaban J connectivity index is 1.78. The molecule has 7 nitrogen and oxygen atoms in total. The van der Waals surface area contributed by atoms with Crippen molar-refractivity contribution in [1.29, 1.82) is 0 Å². The van der Waals surface area contributed by atoms with Crippen molar-refractivity contribution in [2.24, 2.45) is 20.0 Å². The van der Waals surface area contributed by atoms with Crippen LogP contribution in [-0.2, 0) is 18.8 Å². The molecule has 0 aliphatic carbocycles. The molecule has 2 aromatic heterocycles. The third-order valence-corrected chi connectivity index (χ3v) is 4.17. The number of rotatable bonds is 5. The molecular formula is C16H23N5O2. The summed E-state index contributed by atoms with van der Waals surface area (Å²) >= 11 is 0. The normalized spacial score (nSPS) is 17.9. The topological polar surface area (TPSA) is 65.2 Å². The average molecular weight is 317 g/mol. The molecule has 0 saturated carbocycles. The fraction of sp³-hybridized carbons (Fsp3) is 0.562. The Bertz CT molecular complexity index is 690. The van der Waals surface area contributed by atoms with Gasteiger partial charge in [0.2, 0.25) is 0 Å². The van der Waals surface area contributed by atoms with E-state index in [1.807, 2.05) is 32.1 Å². The van der Waals surface area contributed by atoms with Crippen molar-refractivity contribution in [2.75, 3.05) is 26.3 Å². The summed E-state index contributed by atoms with van der Waals surface area (Å²) in [4.78, 5) is 14.8. The first kappa shape index (κ1) is 15.7. The van der Waals surface area contributed by atoms with Crippen LogP contribution in [0.3, 0.4) is 0 Å². The molecule has 1 saturated heterocycles. The second kappa shape index (κ2) is 6.54. The summed E-state index contributed by atoms with van der Waals surface area (Å²) in [5.41, 5.74) is 2.19. The molecule has 3 rings (SSSR count). The van der Waals surface area contributed by atoms with Crippen molar-refractivity contribution < 1.29 is 9.53 Å². The average Bonchev–Trinajstić information content (AvgIpc) is 3.24. The summed E-state index contributed by atoms with van der Waals surface area (Å²) < 4.78 is 8.88. The van der Waals surface area contributed by atoms with Gasteiger partial charge < -0.3 is 9.64 Å². The van der Waals surface area contributed by atoms with Crippen LogP contribution in [0.15, 0.2) is 18.6 Å². The SMILES string of the molecule is CCOCC1CCN(C(=O)c2cn(C)nc2-c2cnn(C)c2)C1. The van der Waals surface area contributed by atoms with Crippen molar-refractivity contribution >= 4 is 5.91 Å². The summed E-state index contributed by atoms with van der Waals surface area (Å²) in [6, 6.07) is 0. The van der Waals surface area contributed by atoms with E-state index in [-0.39, 0.29) is 5.91 Å². The summed E-state index contributed by atoms with van der Waals surface area (Å²) in [6.07, 6.45) is 6.40. The molecule has 1 unspecified atom stereocenters. The fourth-order valence-electron chi connectivity index (χ4n) is 3.01. The highest BCUT2D eigenvalue weighted by molar-refractivity contribution is 5.99.